The molecule has 5 nitrogen and oxygen atoms in total. The first kappa shape index (κ1) is 26.4. The van der Waals surface area contributed by atoms with Crippen molar-refractivity contribution in [2.75, 3.05) is 0 Å². The summed E-state index contributed by atoms with van der Waals surface area (Å²) in [4.78, 5) is 15.3. The minimum absolute atomic E-state index is 0.0510. The molecule has 0 radical (unpaired) electrons. The van der Waals surface area contributed by atoms with Crippen molar-refractivity contribution in [1.82, 2.24) is 19.5 Å². The van der Waals surface area contributed by atoms with Crippen LogP contribution in [0.4, 0.5) is 0 Å². The van der Waals surface area contributed by atoms with Gasteiger partial charge in [0.1, 0.15) is 11.2 Å². The summed E-state index contributed by atoms with van der Waals surface area (Å²) >= 11 is 1.79. The minimum atomic E-state index is -0.182. The second-order valence-corrected chi connectivity index (χ2v) is 14.9. The maximum atomic E-state index is 9.10. The Morgan fingerprint density at radius 1 is 0.456 bits per heavy atom. The highest BCUT2D eigenvalue weighted by molar-refractivity contribution is 7.26. The Hall–Kier alpha value is -7.41. The van der Waals surface area contributed by atoms with Gasteiger partial charge >= 0.3 is 0 Å². The third-order valence-corrected chi connectivity index (χ3v) is 11.9. The van der Waals surface area contributed by atoms with E-state index in [1.165, 1.54) is 32.3 Å². The van der Waals surface area contributed by atoms with Crippen molar-refractivity contribution in [2.24, 2.45) is 0 Å². The van der Waals surface area contributed by atoms with Gasteiger partial charge in [0.2, 0.25) is 0 Å². The van der Waals surface area contributed by atoms with E-state index in [4.69, 9.17) is 27.6 Å². The average Bonchev–Trinajstić information content (AvgIpc) is 4.00. The molecule has 4 heterocycles. The third-order valence-electron chi connectivity index (χ3n) is 10.6. The van der Waals surface area contributed by atoms with Crippen LogP contribution < -0.4 is 0 Å². The SMILES string of the molecule is [2H]c1cc([2H])c2c(c1[2H])c1c([2H])c([2H])cc([2H])c1n2-c1ccccc1-c1nc(-c2ccc(-c3cccc4c3sc3ccccc34)cc2)nc(-c2ccc3c(c2)oc2ccccc23)n1. The molecule has 8 aromatic carbocycles. The molecular formula is C51H30N4OS. The maximum absolute atomic E-state index is 9.10. The molecular weight excluding hydrogens is 717 g/mol. The van der Waals surface area contributed by atoms with Crippen molar-refractivity contribution in [2.45, 2.75) is 0 Å². The first-order valence-electron chi connectivity index (χ1n) is 21.5. The zero-order chi connectivity index (χ0) is 42.7. The topological polar surface area (TPSA) is 56.7 Å². The quantitative estimate of drug-likeness (QED) is 0.176. The molecule has 0 saturated heterocycles. The number of thiophene rings is 1. The molecule has 12 rings (SSSR count). The van der Waals surface area contributed by atoms with Gasteiger partial charge in [-0.2, -0.15) is 0 Å². The highest BCUT2D eigenvalue weighted by Gasteiger charge is 2.20. The number of benzene rings is 8. The summed E-state index contributed by atoms with van der Waals surface area (Å²) in [7, 11) is 0. The molecule has 4 aromatic heterocycles. The summed E-state index contributed by atoms with van der Waals surface area (Å²) < 4.78 is 63.5. The van der Waals surface area contributed by atoms with Crippen molar-refractivity contribution in [3.8, 4) is 51.0 Å². The number of hydrogen-bond acceptors (Lipinski definition) is 5. The van der Waals surface area contributed by atoms with Crippen molar-refractivity contribution in [3.05, 3.63) is 182 Å². The predicted octanol–water partition coefficient (Wildman–Crippen LogP) is 13.9. The molecule has 0 aliphatic rings. The van der Waals surface area contributed by atoms with Gasteiger partial charge in [0, 0.05) is 58.4 Å². The molecule has 0 N–H and O–H groups in total. The molecule has 0 atom stereocenters. The van der Waals surface area contributed by atoms with Crippen LogP contribution in [-0.2, 0) is 0 Å². The monoisotopic (exact) mass is 752 g/mol. The number of furan rings is 1. The molecule has 57 heavy (non-hydrogen) atoms. The van der Waals surface area contributed by atoms with E-state index in [1.807, 2.05) is 78.9 Å². The van der Waals surface area contributed by atoms with Gasteiger partial charge in [-0.1, -0.05) is 133 Å². The lowest BCUT2D eigenvalue weighted by Gasteiger charge is -2.14. The van der Waals surface area contributed by atoms with E-state index in [1.54, 1.807) is 15.9 Å². The number of para-hydroxylation sites is 4. The lowest BCUT2D eigenvalue weighted by atomic mass is 10.0. The Labute approximate surface area is 339 Å². The van der Waals surface area contributed by atoms with Crippen molar-refractivity contribution in [3.63, 3.8) is 0 Å². The van der Waals surface area contributed by atoms with E-state index >= 15 is 0 Å². The molecule has 0 fully saturated rings. The molecule has 0 aliphatic heterocycles. The average molecular weight is 753 g/mol. The summed E-state index contributed by atoms with van der Waals surface area (Å²) in [6.07, 6.45) is 0. The molecule has 0 amide bonds. The molecule has 6 heteroatoms. The summed E-state index contributed by atoms with van der Waals surface area (Å²) in [6, 6.07) is 46.1. The Bertz CT molecular complexity index is 3820. The van der Waals surface area contributed by atoms with Crippen molar-refractivity contribution >= 4 is 75.3 Å². The number of nitrogens with zero attached hydrogens (tertiary/aromatic N) is 4. The van der Waals surface area contributed by atoms with Gasteiger partial charge in [0.05, 0.1) is 24.9 Å². The van der Waals surface area contributed by atoms with E-state index < -0.39 is 0 Å². The summed E-state index contributed by atoms with van der Waals surface area (Å²) in [5, 5.41) is 4.78. The van der Waals surface area contributed by atoms with E-state index in [2.05, 4.69) is 54.6 Å². The van der Waals surface area contributed by atoms with Crippen LogP contribution in [0, 0.1) is 0 Å². The summed E-state index contributed by atoms with van der Waals surface area (Å²) in [5.41, 5.74) is 6.67. The Morgan fingerprint density at radius 2 is 1.07 bits per heavy atom. The van der Waals surface area contributed by atoms with E-state index in [9.17, 15) is 0 Å². The van der Waals surface area contributed by atoms with Gasteiger partial charge in [-0.3, -0.25) is 0 Å². The first-order chi connectivity index (χ1) is 30.7. The predicted molar refractivity (Wildman–Crippen MR) is 236 cm³/mol. The minimum Gasteiger partial charge on any atom is -0.456 e. The molecule has 0 aliphatic carbocycles. The second-order valence-electron chi connectivity index (χ2n) is 13.9. The maximum Gasteiger partial charge on any atom is 0.166 e. The van der Waals surface area contributed by atoms with Gasteiger partial charge in [-0.15, -0.1) is 11.3 Å². The van der Waals surface area contributed by atoms with Crippen molar-refractivity contribution < 1.29 is 12.6 Å². The third kappa shape index (κ3) is 5.04. The summed E-state index contributed by atoms with van der Waals surface area (Å²) in [5.74, 6) is 1.13. The lowest BCUT2D eigenvalue weighted by molar-refractivity contribution is 0.669. The van der Waals surface area contributed by atoms with Gasteiger partial charge in [0.25, 0.3) is 0 Å². The van der Waals surface area contributed by atoms with Gasteiger partial charge in [-0.25, -0.2) is 15.0 Å². The molecule has 0 bridgehead atoms. The van der Waals surface area contributed by atoms with Gasteiger partial charge < -0.3 is 8.98 Å². The Balaban J connectivity index is 1.08. The fourth-order valence-corrected chi connectivity index (χ4v) is 9.24. The number of aromatic nitrogens is 4. The van der Waals surface area contributed by atoms with Crippen LogP contribution in [0.25, 0.3) is 115 Å². The van der Waals surface area contributed by atoms with Crippen LogP contribution in [0.15, 0.2) is 186 Å². The smallest absolute Gasteiger partial charge is 0.166 e. The zero-order valence-electron chi connectivity index (χ0n) is 36.0. The normalized spacial score (nSPS) is 13.3. The summed E-state index contributed by atoms with van der Waals surface area (Å²) in [6.45, 7) is 0. The van der Waals surface area contributed by atoms with Gasteiger partial charge in [-0.05, 0) is 59.6 Å². The molecule has 0 spiro atoms. The molecule has 0 unspecified atom stereocenters. The van der Waals surface area contributed by atoms with Crippen LogP contribution >= 0.6 is 11.3 Å². The fraction of sp³-hybridized carbons (Fsp3) is 0. The highest BCUT2D eigenvalue weighted by atomic mass is 32.1. The van der Waals surface area contributed by atoms with Crippen LogP contribution in [-0.4, -0.2) is 19.5 Å². The number of rotatable bonds is 5. The number of fused-ring (bicyclic) bond motifs is 9. The second kappa shape index (κ2) is 12.6. The largest absolute Gasteiger partial charge is 0.456 e. The first-order valence-corrected chi connectivity index (χ1v) is 19.3. The Kier molecular flexibility index (Phi) is 5.82. The van der Waals surface area contributed by atoms with E-state index in [0.29, 0.717) is 39.9 Å². The molecule has 12 aromatic rings. The zero-order valence-corrected chi connectivity index (χ0v) is 30.8. The van der Waals surface area contributed by atoms with Crippen LogP contribution in [0.2, 0.25) is 0 Å². The van der Waals surface area contributed by atoms with Gasteiger partial charge in [0.15, 0.2) is 17.5 Å². The lowest BCUT2D eigenvalue weighted by Crippen LogP contribution is -2.03. The number of hydrogen-bond donors (Lipinski definition) is 0. The molecule has 266 valence electrons. The van der Waals surface area contributed by atoms with E-state index in [-0.39, 0.29) is 58.1 Å². The van der Waals surface area contributed by atoms with Crippen molar-refractivity contribution in [1.29, 1.82) is 0 Å². The Morgan fingerprint density at radius 3 is 1.89 bits per heavy atom. The van der Waals surface area contributed by atoms with Crippen LogP contribution in [0.1, 0.15) is 8.22 Å². The van der Waals surface area contributed by atoms with Crippen LogP contribution in [0.3, 0.4) is 0 Å². The molecule has 0 saturated carbocycles. The standard InChI is InChI=1S/C51H30N4OS/c1-6-19-42-35(12-1)36-13-2-7-20-43(36)55(42)44-21-8-3-16-41(44)51-53-49(52-50(54-51)33-28-29-38-37-14-4-9-22-45(37)56-46(38)30-33)32-26-24-31(25-27-32)34-17-11-18-40-39-15-5-10-23-47(39)57-48(34)40/h1-30H/i1D,2D,12D,13D,19D,20D. The van der Waals surface area contributed by atoms with Crippen LogP contribution in [0.5, 0.6) is 0 Å². The fourth-order valence-electron chi connectivity index (χ4n) is 8.01. The van der Waals surface area contributed by atoms with E-state index in [0.717, 1.165) is 33.0 Å². The highest BCUT2D eigenvalue weighted by Crippen LogP contribution is 2.41.